The minimum Gasteiger partial charge on any atom is -0.393 e. The van der Waals surface area contributed by atoms with Crippen LogP contribution in [0.15, 0.2) is 67.0 Å². The standard InChI is InChI=1S/C26H20Cl2FN7O/c1-14-10-19(20(12-30)15-2-6-17(27)7-3-15)21(28)11-22(14)34-24-23(31)25(33-13-32-24)35-36-26(37)16-4-8-18(29)9-5-16/h2-11,13,20H,31H2,1H3,(H,36,37)(H2,32,33,34,35). The summed E-state index contributed by atoms with van der Waals surface area (Å²) >= 11 is 12.6. The number of carbonyl (C=O) groups excluding carboxylic acids is 1. The molecule has 1 atom stereocenters. The molecule has 186 valence electrons. The van der Waals surface area contributed by atoms with E-state index in [0.717, 1.165) is 11.1 Å². The van der Waals surface area contributed by atoms with Crippen molar-refractivity contribution in [3.05, 3.63) is 105 Å². The molecule has 3 aromatic carbocycles. The molecule has 37 heavy (non-hydrogen) atoms. The van der Waals surface area contributed by atoms with Crippen LogP contribution in [-0.2, 0) is 0 Å². The highest BCUT2D eigenvalue weighted by Gasteiger charge is 2.19. The third-order valence-corrected chi connectivity index (χ3v) is 6.10. The van der Waals surface area contributed by atoms with Gasteiger partial charge in [-0.3, -0.25) is 15.6 Å². The maximum Gasteiger partial charge on any atom is 0.269 e. The molecule has 1 aromatic heterocycles. The number of amides is 1. The fourth-order valence-electron chi connectivity index (χ4n) is 3.55. The Balaban J connectivity index is 1.53. The SMILES string of the molecule is Cc1cc(C(C#N)c2ccc(Cl)cc2)c(Cl)cc1Nc1ncnc(NNC(=O)c2ccc(F)cc2)c1N. The molecule has 0 saturated heterocycles. The number of aromatic nitrogens is 2. The van der Waals surface area contributed by atoms with Gasteiger partial charge in [0.2, 0.25) is 0 Å². The molecule has 8 nitrogen and oxygen atoms in total. The Labute approximate surface area is 222 Å². The quantitative estimate of drug-likeness (QED) is 0.214. The molecule has 0 aliphatic carbocycles. The van der Waals surface area contributed by atoms with Crippen LogP contribution in [0, 0.1) is 24.1 Å². The number of aryl methyl sites for hydroxylation is 1. The van der Waals surface area contributed by atoms with Crippen LogP contribution < -0.4 is 21.9 Å². The molecule has 0 bridgehead atoms. The number of nitrogens with zero attached hydrogens (tertiary/aromatic N) is 3. The third-order valence-electron chi connectivity index (χ3n) is 5.52. The van der Waals surface area contributed by atoms with Crippen LogP contribution in [0.2, 0.25) is 10.0 Å². The summed E-state index contributed by atoms with van der Waals surface area (Å²) in [5, 5.41) is 13.9. The lowest BCUT2D eigenvalue weighted by Gasteiger charge is -2.17. The van der Waals surface area contributed by atoms with Gasteiger partial charge in [0, 0.05) is 21.3 Å². The number of benzene rings is 3. The van der Waals surface area contributed by atoms with Crippen molar-refractivity contribution >= 4 is 52.1 Å². The number of halogens is 3. The van der Waals surface area contributed by atoms with Gasteiger partial charge >= 0.3 is 0 Å². The number of hydrogen-bond donors (Lipinski definition) is 4. The molecule has 1 amide bonds. The predicted molar refractivity (Wildman–Crippen MR) is 142 cm³/mol. The van der Waals surface area contributed by atoms with Gasteiger partial charge in [-0.25, -0.2) is 14.4 Å². The van der Waals surface area contributed by atoms with Gasteiger partial charge in [-0.1, -0.05) is 41.4 Å². The Hall–Kier alpha value is -4.39. The first-order chi connectivity index (χ1) is 17.8. The van der Waals surface area contributed by atoms with Crippen LogP contribution in [0.5, 0.6) is 0 Å². The van der Waals surface area contributed by atoms with Crippen molar-refractivity contribution in [2.24, 2.45) is 0 Å². The van der Waals surface area contributed by atoms with Crippen LogP contribution in [0.4, 0.5) is 27.4 Å². The number of nitrogens with two attached hydrogens (primary N) is 1. The molecule has 1 unspecified atom stereocenters. The first kappa shape index (κ1) is 25.7. The molecule has 11 heteroatoms. The Bertz CT molecular complexity index is 1490. The zero-order valence-corrected chi connectivity index (χ0v) is 20.9. The van der Waals surface area contributed by atoms with E-state index >= 15 is 0 Å². The van der Waals surface area contributed by atoms with Crippen molar-refractivity contribution in [3.8, 4) is 6.07 Å². The Kier molecular flexibility index (Phi) is 7.72. The number of hydrogen-bond acceptors (Lipinski definition) is 7. The molecule has 0 aliphatic heterocycles. The van der Waals surface area contributed by atoms with Crippen molar-refractivity contribution in [2.75, 3.05) is 16.5 Å². The first-order valence-electron chi connectivity index (χ1n) is 10.9. The minimum atomic E-state index is -0.581. The van der Waals surface area contributed by atoms with Crippen LogP contribution in [0.1, 0.15) is 33.0 Å². The van der Waals surface area contributed by atoms with E-state index in [9.17, 15) is 14.4 Å². The number of carbonyl (C=O) groups is 1. The van der Waals surface area contributed by atoms with Gasteiger partial charge in [-0.15, -0.1) is 0 Å². The lowest BCUT2D eigenvalue weighted by Crippen LogP contribution is -2.30. The normalized spacial score (nSPS) is 11.3. The fraction of sp³-hybridized carbons (Fsp3) is 0.0769. The topological polar surface area (TPSA) is 129 Å². The lowest BCUT2D eigenvalue weighted by molar-refractivity contribution is 0.0962. The van der Waals surface area contributed by atoms with E-state index in [1.807, 2.05) is 13.0 Å². The summed E-state index contributed by atoms with van der Waals surface area (Å²) in [5.74, 6) is -1.10. The molecule has 1 heterocycles. The summed E-state index contributed by atoms with van der Waals surface area (Å²) in [6, 6.07) is 17.9. The van der Waals surface area contributed by atoms with Crippen LogP contribution >= 0.6 is 23.2 Å². The number of nitrogen functional groups attached to an aromatic ring is 1. The molecule has 0 aliphatic rings. The monoisotopic (exact) mass is 535 g/mol. The highest BCUT2D eigenvalue weighted by atomic mass is 35.5. The van der Waals surface area contributed by atoms with Gasteiger partial charge in [0.15, 0.2) is 11.6 Å². The maximum absolute atomic E-state index is 13.1. The first-order valence-corrected chi connectivity index (χ1v) is 11.7. The molecule has 5 N–H and O–H groups in total. The molecular weight excluding hydrogens is 516 g/mol. The second-order valence-corrected chi connectivity index (χ2v) is 8.84. The zero-order valence-electron chi connectivity index (χ0n) is 19.4. The van der Waals surface area contributed by atoms with Gasteiger partial charge in [-0.05, 0) is 66.1 Å². The van der Waals surface area contributed by atoms with Crippen LogP contribution in [0.3, 0.4) is 0 Å². The van der Waals surface area contributed by atoms with Gasteiger partial charge < -0.3 is 11.1 Å². The number of nitrogens with one attached hydrogen (secondary N) is 3. The van der Waals surface area contributed by atoms with E-state index in [2.05, 4.69) is 32.2 Å². The number of nitriles is 1. The van der Waals surface area contributed by atoms with Crippen molar-refractivity contribution in [2.45, 2.75) is 12.8 Å². The Morgan fingerprint density at radius 1 is 1.05 bits per heavy atom. The summed E-state index contributed by atoms with van der Waals surface area (Å²) in [6.45, 7) is 1.86. The van der Waals surface area contributed by atoms with E-state index in [1.165, 1.54) is 30.6 Å². The summed E-state index contributed by atoms with van der Waals surface area (Å²) in [7, 11) is 0. The van der Waals surface area contributed by atoms with Crippen molar-refractivity contribution in [3.63, 3.8) is 0 Å². The van der Waals surface area contributed by atoms with Crippen molar-refractivity contribution in [1.82, 2.24) is 15.4 Å². The van der Waals surface area contributed by atoms with Gasteiger partial charge in [0.1, 0.15) is 17.8 Å². The third kappa shape index (κ3) is 5.89. The number of anilines is 4. The highest BCUT2D eigenvalue weighted by molar-refractivity contribution is 6.32. The molecule has 0 fully saturated rings. The fourth-order valence-corrected chi connectivity index (χ4v) is 3.95. The summed E-state index contributed by atoms with van der Waals surface area (Å²) in [6.07, 6.45) is 1.27. The average molecular weight is 536 g/mol. The molecule has 4 rings (SSSR count). The lowest BCUT2D eigenvalue weighted by atomic mass is 9.91. The second-order valence-electron chi connectivity index (χ2n) is 8.00. The minimum absolute atomic E-state index is 0.137. The number of hydrazine groups is 1. The maximum atomic E-state index is 13.1. The molecule has 0 radical (unpaired) electrons. The van der Waals surface area contributed by atoms with E-state index in [0.29, 0.717) is 21.3 Å². The zero-order chi connectivity index (χ0) is 26.5. The molecular formula is C26H20Cl2FN7O. The predicted octanol–water partition coefficient (Wildman–Crippen LogP) is 5.97. The Morgan fingerprint density at radius 3 is 2.41 bits per heavy atom. The second kappa shape index (κ2) is 11.1. The van der Waals surface area contributed by atoms with Crippen LogP contribution in [0.25, 0.3) is 0 Å². The largest absolute Gasteiger partial charge is 0.393 e. The van der Waals surface area contributed by atoms with E-state index in [-0.39, 0.29) is 22.9 Å². The van der Waals surface area contributed by atoms with Crippen molar-refractivity contribution in [1.29, 1.82) is 5.26 Å². The molecule has 4 aromatic rings. The average Bonchev–Trinajstić information content (AvgIpc) is 2.89. The van der Waals surface area contributed by atoms with Gasteiger partial charge in [0.25, 0.3) is 5.91 Å². The molecule has 0 spiro atoms. The number of rotatable bonds is 7. The summed E-state index contributed by atoms with van der Waals surface area (Å²) in [4.78, 5) is 20.5. The van der Waals surface area contributed by atoms with Gasteiger partial charge in [0.05, 0.1) is 12.0 Å². The van der Waals surface area contributed by atoms with E-state index in [4.69, 9.17) is 28.9 Å². The van der Waals surface area contributed by atoms with E-state index in [1.54, 1.807) is 30.3 Å². The molecule has 0 saturated carbocycles. The smallest absolute Gasteiger partial charge is 0.269 e. The van der Waals surface area contributed by atoms with Gasteiger partial charge in [-0.2, -0.15) is 5.26 Å². The summed E-state index contributed by atoms with van der Waals surface area (Å²) < 4.78 is 13.1. The van der Waals surface area contributed by atoms with Crippen molar-refractivity contribution < 1.29 is 9.18 Å². The highest BCUT2D eigenvalue weighted by Crippen LogP contribution is 2.36. The van der Waals surface area contributed by atoms with E-state index < -0.39 is 17.6 Å². The van der Waals surface area contributed by atoms with Crippen LogP contribution in [-0.4, -0.2) is 15.9 Å². The summed E-state index contributed by atoms with van der Waals surface area (Å²) in [5.41, 5.74) is 14.5. The Morgan fingerprint density at radius 2 is 1.73 bits per heavy atom.